The Kier molecular flexibility index (Phi) is 3.50. The van der Waals surface area contributed by atoms with Crippen LogP contribution in [0.4, 0.5) is 5.69 Å². The van der Waals surface area contributed by atoms with Gasteiger partial charge in [0.1, 0.15) is 0 Å². The molecule has 0 saturated carbocycles. The van der Waals surface area contributed by atoms with Crippen molar-refractivity contribution in [1.29, 1.82) is 0 Å². The van der Waals surface area contributed by atoms with Crippen LogP contribution in [0.2, 0.25) is 0 Å². The summed E-state index contributed by atoms with van der Waals surface area (Å²) in [4.78, 5) is 12.1. The van der Waals surface area contributed by atoms with Gasteiger partial charge in [-0.1, -0.05) is 12.1 Å². The van der Waals surface area contributed by atoms with Crippen molar-refractivity contribution >= 4 is 17.7 Å². The SMILES string of the molecule is O=C(C=Cc1ccc2c(c1)OCO2)Nc1ccc2c(c1)CCC2. The van der Waals surface area contributed by atoms with Crippen LogP contribution < -0.4 is 14.8 Å². The number of nitrogens with one attached hydrogen (secondary N) is 1. The van der Waals surface area contributed by atoms with Crippen molar-refractivity contribution in [2.24, 2.45) is 0 Å². The summed E-state index contributed by atoms with van der Waals surface area (Å²) in [6.45, 7) is 0.251. The average molecular weight is 307 g/mol. The molecule has 0 spiro atoms. The van der Waals surface area contributed by atoms with Gasteiger partial charge in [0.15, 0.2) is 11.5 Å². The number of aryl methyl sites for hydroxylation is 2. The first-order chi connectivity index (χ1) is 11.3. The molecule has 1 amide bonds. The number of ether oxygens (including phenoxy) is 2. The van der Waals surface area contributed by atoms with E-state index in [-0.39, 0.29) is 12.7 Å². The second-order valence-electron chi connectivity index (χ2n) is 5.77. The van der Waals surface area contributed by atoms with Crippen molar-refractivity contribution in [3.63, 3.8) is 0 Å². The summed E-state index contributed by atoms with van der Waals surface area (Å²) < 4.78 is 10.6. The van der Waals surface area contributed by atoms with Gasteiger partial charge in [-0.05, 0) is 66.3 Å². The molecule has 4 rings (SSSR count). The fourth-order valence-corrected chi connectivity index (χ4v) is 3.02. The zero-order chi connectivity index (χ0) is 15.6. The Labute approximate surface area is 134 Å². The quantitative estimate of drug-likeness (QED) is 0.882. The minimum atomic E-state index is -0.138. The first-order valence-electron chi connectivity index (χ1n) is 7.78. The van der Waals surface area contributed by atoms with E-state index in [2.05, 4.69) is 17.4 Å². The van der Waals surface area contributed by atoms with Crippen LogP contribution >= 0.6 is 0 Å². The molecule has 4 heteroatoms. The van der Waals surface area contributed by atoms with Gasteiger partial charge in [-0.3, -0.25) is 4.79 Å². The second kappa shape index (κ2) is 5.80. The van der Waals surface area contributed by atoms with Gasteiger partial charge in [-0.15, -0.1) is 0 Å². The lowest BCUT2D eigenvalue weighted by Gasteiger charge is -2.05. The predicted molar refractivity (Wildman–Crippen MR) is 88.7 cm³/mol. The molecular formula is C19H17NO3. The van der Waals surface area contributed by atoms with E-state index in [1.807, 2.05) is 24.3 Å². The minimum Gasteiger partial charge on any atom is -0.454 e. The van der Waals surface area contributed by atoms with E-state index in [0.29, 0.717) is 5.75 Å². The number of hydrogen-bond donors (Lipinski definition) is 1. The number of amides is 1. The van der Waals surface area contributed by atoms with E-state index in [0.717, 1.165) is 29.8 Å². The van der Waals surface area contributed by atoms with E-state index in [1.165, 1.54) is 23.6 Å². The fraction of sp³-hybridized carbons (Fsp3) is 0.211. The highest BCUT2D eigenvalue weighted by Crippen LogP contribution is 2.32. The minimum absolute atomic E-state index is 0.138. The lowest BCUT2D eigenvalue weighted by molar-refractivity contribution is -0.111. The van der Waals surface area contributed by atoms with Crippen LogP contribution in [0, 0.1) is 0 Å². The van der Waals surface area contributed by atoms with Crippen LogP contribution in [0.15, 0.2) is 42.5 Å². The molecule has 2 aromatic rings. The lowest BCUT2D eigenvalue weighted by atomic mass is 10.1. The van der Waals surface area contributed by atoms with Crippen molar-refractivity contribution in [2.45, 2.75) is 19.3 Å². The Morgan fingerprint density at radius 2 is 1.87 bits per heavy atom. The average Bonchev–Trinajstić information content (AvgIpc) is 3.20. The number of carbonyl (C=O) groups excluding carboxylic acids is 1. The highest BCUT2D eigenvalue weighted by Gasteiger charge is 2.13. The summed E-state index contributed by atoms with van der Waals surface area (Å²) in [5.74, 6) is 1.32. The molecule has 0 atom stereocenters. The topological polar surface area (TPSA) is 47.6 Å². The van der Waals surface area contributed by atoms with Crippen molar-refractivity contribution in [1.82, 2.24) is 0 Å². The van der Waals surface area contributed by atoms with E-state index < -0.39 is 0 Å². The molecule has 0 fully saturated rings. The smallest absolute Gasteiger partial charge is 0.248 e. The van der Waals surface area contributed by atoms with Crippen LogP contribution in [0.3, 0.4) is 0 Å². The molecule has 0 unspecified atom stereocenters. The van der Waals surface area contributed by atoms with Gasteiger partial charge in [0.25, 0.3) is 0 Å². The predicted octanol–water partition coefficient (Wildman–Crippen LogP) is 3.56. The Bertz CT molecular complexity index is 795. The molecule has 0 saturated heterocycles. The second-order valence-corrected chi connectivity index (χ2v) is 5.77. The third-order valence-corrected chi connectivity index (χ3v) is 4.19. The van der Waals surface area contributed by atoms with Gasteiger partial charge in [0.05, 0.1) is 0 Å². The highest BCUT2D eigenvalue weighted by molar-refractivity contribution is 6.02. The molecule has 0 bridgehead atoms. The third kappa shape index (κ3) is 2.93. The van der Waals surface area contributed by atoms with Crippen LogP contribution in [-0.2, 0) is 17.6 Å². The van der Waals surface area contributed by atoms with E-state index >= 15 is 0 Å². The third-order valence-electron chi connectivity index (χ3n) is 4.19. The van der Waals surface area contributed by atoms with E-state index in [4.69, 9.17) is 9.47 Å². The standard InChI is InChI=1S/C19H17NO3/c21-19(20-16-7-6-14-2-1-3-15(14)11-16)9-5-13-4-8-17-18(10-13)23-12-22-17/h4-11H,1-3,12H2,(H,20,21). The molecule has 1 aliphatic carbocycles. The van der Waals surface area contributed by atoms with Gasteiger partial charge >= 0.3 is 0 Å². The van der Waals surface area contributed by atoms with Gasteiger partial charge in [-0.2, -0.15) is 0 Å². The summed E-state index contributed by atoms with van der Waals surface area (Å²) in [7, 11) is 0. The maximum absolute atomic E-state index is 12.1. The molecule has 4 nitrogen and oxygen atoms in total. The number of anilines is 1. The monoisotopic (exact) mass is 307 g/mol. The summed E-state index contributed by atoms with van der Waals surface area (Å²) in [6.07, 6.45) is 6.76. The van der Waals surface area contributed by atoms with E-state index in [9.17, 15) is 4.79 Å². The molecule has 0 radical (unpaired) electrons. The summed E-state index contributed by atoms with van der Waals surface area (Å²) in [6, 6.07) is 11.8. The van der Waals surface area contributed by atoms with Gasteiger partial charge < -0.3 is 14.8 Å². The summed E-state index contributed by atoms with van der Waals surface area (Å²) >= 11 is 0. The van der Waals surface area contributed by atoms with Gasteiger partial charge in [0.2, 0.25) is 12.7 Å². The number of fused-ring (bicyclic) bond motifs is 2. The fourth-order valence-electron chi connectivity index (χ4n) is 3.02. The normalized spacial score (nSPS) is 15.0. The Balaban J connectivity index is 1.43. The molecular weight excluding hydrogens is 290 g/mol. The summed E-state index contributed by atoms with van der Waals surface area (Å²) in [5, 5.41) is 2.91. The first kappa shape index (κ1) is 13.9. The Morgan fingerprint density at radius 3 is 2.83 bits per heavy atom. The zero-order valence-electron chi connectivity index (χ0n) is 12.7. The largest absolute Gasteiger partial charge is 0.454 e. The molecule has 23 heavy (non-hydrogen) atoms. The molecule has 0 aromatic heterocycles. The Morgan fingerprint density at radius 1 is 1.00 bits per heavy atom. The summed E-state index contributed by atoms with van der Waals surface area (Å²) in [5.41, 5.74) is 4.51. The van der Waals surface area contributed by atoms with Gasteiger partial charge in [-0.25, -0.2) is 0 Å². The zero-order valence-corrected chi connectivity index (χ0v) is 12.7. The molecule has 116 valence electrons. The number of rotatable bonds is 3. The van der Waals surface area contributed by atoms with E-state index in [1.54, 1.807) is 6.08 Å². The maximum Gasteiger partial charge on any atom is 0.248 e. The molecule has 2 aliphatic rings. The maximum atomic E-state index is 12.1. The number of benzene rings is 2. The molecule has 1 heterocycles. The molecule has 2 aromatic carbocycles. The van der Waals surface area contributed by atoms with Crippen molar-refractivity contribution in [3.05, 3.63) is 59.2 Å². The number of carbonyl (C=O) groups is 1. The van der Waals surface area contributed by atoms with Crippen LogP contribution in [0.1, 0.15) is 23.1 Å². The van der Waals surface area contributed by atoms with Crippen LogP contribution in [-0.4, -0.2) is 12.7 Å². The molecule has 1 aliphatic heterocycles. The first-order valence-corrected chi connectivity index (χ1v) is 7.78. The van der Waals surface area contributed by atoms with Gasteiger partial charge in [0, 0.05) is 11.8 Å². The lowest BCUT2D eigenvalue weighted by Crippen LogP contribution is -2.08. The van der Waals surface area contributed by atoms with Crippen molar-refractivity contribution in [2.75, 3.05) is 12.1 Å². The van der Waals surface area contributed by atoms with Crippen LogP contribution in [0.5, 0.6) is 11.5 Å². The van der Waals surface area contributed by atoms with Crippen molar-refractivity contribution < 1.29 is 14.3 Å². The van der Waals surface area contributed by atoms with Crippen molar-refractivity contribution in [3.8, 4) is 11.5 Å². The Hall–Kier alpha value is -2.75. The molecule has 1 N–H and O–H groups in total. The van der Waals surface area contributed by atoms with Crippen LogP contribution in [0.25, 0.3) is 6.08 Å². The number of hydrogen-bond acceptors (Lipinski definition) is 3. The highest BCUT2D eigenvalue weighted by atomic mass is 16.7.